The Morgan fingerprint density at radius 1 is 0.588 bits per heavy atom. The van der Waals surface area contributed by atoms with Crippen molar-refractivity contribution in [2.24, 2.45) is 0 Å². The highest BCUT2D eigenvalue weighted by molar-refractivity contribution is 5.86. The van der Waals surface area contributed by atoms with Crippen LogP contribution in [0.4, 0.5) is 8.78 Å². The van der Waals surface area contributed by atoms with E-state index in [0.29, 0.717) is 11.4 Å². The molecule has 0 spiro atoms. The second-order valence-electron chi connectivity index (χ2n) is 8.17. The number of rotatable bonds is 7. The summed E-state index contributed by atoms with van der Waals surface area (Å²) >= 11 is 0. The van der Waals surface area contributed by atoms with Gasteiger partial charge in [0, 0.05) is 17.7 Å². The maximum absolute atomic E-state index is 13.5. The van der Waals surface area contributed by atoms with Gasteiger partial charge in [-0.3, -0.25) is 0 Å². The van der Waals surface area contributed by atoms with Gasteiger partial charge in [-0.25, -0.2) is 18.7 Å². The van der Waals surface area contributed by atoms with Crippen molar-refractivity contribution in [3.63, 3.8) is 0 Å². The molecule has 4 aromatic carbocycles. The van der Waals surface area contributed by atoms with E-state index in [-0.39, 0.29) is 11.6 Å². The number of fused-ring (bicyclic) bond motifs is 1. The summed E-state index contributed by atoms with van der Waals surface area (Å²) in [5.74, 6) is -0.627. The van der Waals surface area contributed by atoms with Crippen molar-refractivity contribution < 1.29 is 8.78 Å². The lowest BCUT2D eigenvalue weighted by atomic mass is 10.0. The van der Waals surface area contributed by atoms with Crippen LogP contribution in [0.5, 0.6) is 0 Å². The van der Waals surface area contributed by atoms with Gasteiger partial charge in [-0.15, -0.1) is 0 Å². The molecule has 0 aliphatic rings. The molecule has 0 bridgehead atoms. The lowest BCUT2D eigenvalue weighted by Gasteiger charge is -2.12. The molecule has 0 aliphatic heterocycles. The Hall–Kier alpha value is -3.96. The van der Waals surface area contributed by atoms with Crippen LogP contribution in [0.3, 0.4) is 0 Å². The fourth-order valence-electron chi connectivity index (χ4n) is 3.93. The van der Waals surface area contributed by atoms with Gasteiger partial charge >= 0.3 is 0 Å². The van der Waals surface area contributed by atoms with E-state index in [4.69, 9.17) is 9.97 Å². The van der Waals surface area contributed by atoms with Gasteiger partial charge in [-0.05, 0) is 84.8 Å². The maximum atomic E-state index is 13.5. The lowest BCUT2D eigenvalue weighted by Crippen LogP contribution is -2.16. The van der Waals surface area contributed by atoms with E-state index in [1.54, 1.807) is 24.3 Å². The lowest BCUT2D eigenvalue weighted by molar-refractivity contribution is 0.627. The highest BCUT2D eigenvalue weighted by Crippen LogP contribution is 2.31. The van der Waals surface area contributed by atoms with Crippen LogP contribution in [0, 0.1) is 11.6 Å². The van der Waals surface area contributed by atoms with E-state index < -0.39 is 0 Å². The van der Waals surface area contributed by atoms with Crippen LogP contribution in [0.1, 0.15) is 11.1 Å². The summed E-state index contributed by atoms with van der Waals surface area (Å²) in [4.78, 5) is 9.77. The Kier molecular flexibility index (Phi) is 6.36. The Balaban J connectivity index is 1.45. The van der Waals surface area contributed by atoms with Crippen LogP contribution < -0.4 is 5.32 Å². The van der Waals surface area contributed by atoms with Crippen molar-refractivity contribution >= 4 is 11.0 Å². The summed E-state index contributed by atoms with van der Waals surface area (Å²) in [5, 5.41) is 3.47. The molecule has 1 aromatic heterocycles. The first-order valence-corrected chi connectivity index (χ1v) is 11.2. The highest BCUT2D eigenvalue weighted by Gasteiger charge is 2.14. The minimum Gasteiger partial charge on any atom is -0.312 e. The standard InChI is InChI=1S/C29H23F2N3/c30-24-11-7-22(8-12-24)28-29(23-9-13-25(31)14-10-23)34-27-18-20(6-15-26(27)33-28)16-17-32-19-21-4-2-1-3-5-21/h1-15,18,32H,16-17,19H2. The molecule has 0 atom stereocenters. The Labute approximate surface area is 197 Å². The Bertz CT molecular complexity index is 1400. The monoisotopic (exact) mass is 451 g/mol. The molecule has 34 heavy (non-hydrogen) atoms. The fourth-order valence-corrected chi connectivity index (χ4v) is 3.93. The van der Waals surface area contributed by atoms with Crippen LogP contribution in [0.2, 0.25) is 0 Å². The second kappa shape index (κ2) is 9.89. The van der Waals surface area contributed by atoms with Crippen molar-refractivity contribution in [3.8, 4) is 22.5 Å². The molecular weight excluding hydrogens is 428 g/mol. The zero-order valence-corrected chi connectivity index (χ0v) is 18.5. The normalized spacial score (nSPS) is 11.1. The average Bonchev–Trinajstić information content (AvgIpc) is 2.87. The van der Waals surface area contributed by atoms with Crippen LogP contribution in [0.25, 0.3) is 33.5 Å². The van der Waals surface area contributed by atoms with Gasteiger partial charge in [0.15, 0.2) is 0 Å². The predicted molar refractivity (Wildman–Crippen MR) is 132 cm³/mol. The molecule has 3 nitrogen and oxygen atoms in total. The topological polar surface area (TPSA) is 37.8 Å². The van der Waals surface area contributed by atoms with E-state index in [0.717, 1.165) is 47.2 Å². The van der Waals surface area contributed by atoms with Gasteiger partial charge in [0.05, 0.1) is 22.4 Å². The van der Waals surface area contributed by atoms with Crippen molar-refractivity contribution in [3.05, 3.63) is 120 Å². The second-order valence-corrected chi connectivity index (χ2v) is 8.17. The first kappa shape index (κ1) is 21.9. The largest absolute Gasteiger partial charge is 0.312 e. The zero-order chi connectivity index (χ0) is 23.3. The van der Waals surface area contributed by atoms with Crippen molar-refractivity contribution in [2.75, 3.05) is 6.54 Å². The van der Waals surface area contributed by atoms with E-state index >= 15 is 0 Å². The third-order valence-corrected chi connectivity index (χ3v) is 5.73. The molecule has 1 N–H and O–H groups in total. The number of nitrogens with zero attached hydrogens (tertiary/aromatic N) is 2. The molecule has 0 saturated carbocycles. The molecule has 0 radical (unpaired) electrons. The highest BCUT2D eigenvalue weighted by atomic mass is 19.1. The fraction of sp³-hybridized carbons (Fsp3) is 0.103. The first-order chi connectivity index (χ1) is 16.7. The first-order valence-electron chi connectivity index (χ1n) is 11.2. The van der Waals surface area contributed by atoms with Crippen molar-refractivity contribution in [2.45, 2.75) is 13.0 Å². The number of nitrogens with one attached hydrogen (secondary N) is 1. The zero-order valence-electron chi connectivity index (χ0n) is 18.5. The summed E-state index contributed by atoms with van der Waals surface area (Å²) in [6.07, 6.45) is 0.857. The summed E-state index contributed by atoms with van der Waals surface area (Å²) in [6, 6.07) is 28.8. The SMILES string of the molecule is Fc1ccc(-c2nc3ccc(CCNCc4ccccc4)cc3nc2-c2ccc(F)cc2)cc1. The minimum absolute atomic E-state index is 0.314. The summed E-state index contributed by atoms with van der Waals surface area (Å²) < 4.78 is 27.1. The summed E-state index contributed by atoms with van der Waals surface area (Å²) in [7, 11) is 0. The Morgan fingerprint density at radius 2 is 1.18 bits per heavy atom. The molecule has 168 valence electrons. The van der Waals surface area contributed by atoms with Gasteiger partial charge in [-0.2, -0.15) is 0 Å². The molecular formula is C29H23F2N3. The molecule has 0 aliphatic carbocycles. The van der Waals surface area contributed by atoms with Crippen molar-refractivity contribution in [1.29, 1.82) is 0 Å². The van der Waals surface area contributed by atoms with E-state index in [1.165, 1.54) is 29.8 Å². The van der Waals surface area contributed by atoms with Crippen LogP contribution in [-0.2, 0) is 13.0 Å². The molecule has 0 saturated heterocycles. The van der Waals surface area contributed by atoms with Crippen LogP contribution in [-0.4, -0.2) is 16.5 Å². The molecule has 5 heteroatoms. The molecule has 0 amide bonds. The minimum atomic E-state index is -0.314. The number of hydrogen-bond acceptors (Lipinski definition) is 3. The van der Waals surface area contributed by atoms with Crippen molar-refractivity contribution in [1.82, 2.24) is 15.3 Å². The molecule has 1 heterocycles. The van der Waals surface area contributed by atoms with Gasteiger partial charge in [-0.1, -0.05) is 36.4 Å². The third kappa shape index (κ3) is 5.00. The molecule has 0 fully saturated rings. The molecule has 5 rings (SSSR count). The van der Waals surface area contributed by atoms with Gasteiger partial charge in [0.25, 0.3) is 0 Å². The average molecular weight is 452 g/mol. The maximum Gasteiger partial charge on any atom is 0.123 e. The Morgan fingerprint density at radius 3 is 1.79 bits per heavy atom. The number of halogens is 2. The van der Waals surface area contributed by atoms with Gasteiger partial charge < -0.3 is 5.32 Å². The van der Waals surface area contributed by atoms with E-state index in [1.807, 2.05) is 30.3 Å². The van der Waals surface area contributed by atoms with Gasteiger partial charge in [0.1, 0.15) is 11.6 Å². The summed E-state index contributed by atoms with van der Waals surface area (Å²) in [5.41, 5.74) is 6.72. The van der Waals surface area contributed by atoms with Crippen LogP contribution in [0.15, 0.2) is 97.1 Å². The number of aromatic nitrogens is 2. The van der Waals surface area contributed by atoms with E-state index in [9.17, 15) is 8.78 Å². The van der Waals surface area contributed by atoms with Gasteiger partial charge in [0.2, 0.25) is 0 Å². The van der Waals surface area contributed by atoms with E-state index in [2.05, 4.69) is 23.5 Å². The number of hydrogen-bond donors (Lipinski definition) is 1. The predicted octanol–water partition coefficient (Wildman–Crippen LogP) is 6.57. The smallest absolute Gasteiger partial charge is 0.123 e. The third-order valence-electron chi connectivity index (χ3n) is 5.73. The molecule has 5 aromatic rings. The molecule has 0 unspecified atom stereocenters. The number of benzene rings is 4. The quantitative estimate of drug-likeness (QED) is 0.284. The van der Waals surface area contributed by atoms with Crippen LogP contribution >= 0.6 is 0 Å². The summed E-state index contributed by atoms with van der Waals surface area (Å²) in [6.45, 7) is 1.66.